The first-order valence-corrected chi connectivity index (χ1v) is 9.12. The fourth-order valence-electron chi connectivity index (χ4n) is 2.46. The number of rotatable bonds is 6. The monoisotopic (exact) mass is 362 g/mol. The molecule has 6 heteroatoms. The molecule has 3 aromatic rings. The minimum absolute atomic E-state index is 0.103. The second-order valence-electron chi connectivity index (χ2n) is 5.72. The molecule has 0 atom stereocenters. The molecule has 1 heterocycles. The molecule has 0 radical (unpaired) electrons. The van der Waals surface area contributed by atoms with E-state index in [1.165, 1.54) is 0 Å². The summed E-state index contributed by atoms with van der Waals surface area (Å²) in [4.78, 5) is 13.5. The van der Waals surface area contributed by atoms with Gasteiger partial charge < -0.3 is 5.32 Å². The maximum Gasteiger partial charge on any atom is 0.252 e. The number of amides is 1. The van der Waals surface area contributed by atoms with Crippen LogP contribution in [0.5, 0.6) is 0 Å². The largest absolute Gasteiger partial charge is 0.346 e. The van der Waals surface area contributed by atoms with Crippen molar-refractivity contribution in [1.29, 1.82) is 5.26 Å². The Bertz CT molecular complexity index is 941. The standard InChI is InChI=1S/C20H18N4OS/c1-24-17(10-11-23-24)13-22-20(25)18-4-2-3-5-19(18)26-14-16-8-6-15(12-21)7-9-16/h2-11H,13-14H2,1H3,(H,22,25). The molecule has 5 nitrogen and oxygen atoms in total. The van der Waals surface area contributed by atoms with Crippen molar-refractivity contribution in [2.75, 3.05) is 0 Å². The molecule has 0 aliphatic heterocycles. The second-order valence-corrected chi connectivity index (χ2v) is 6.74. The van der Waals surface area contributed by atoms with Gasteiger partial charge in [0.25, 0.3) is 5.91 Å². The molecule has 1 aromatic heterocycles. The van der Waals surface area contributed by atoms with Gasteiger partial charge in [0.05, 0.1) is 29.4 Å². The van der Waals surface area contributed by atoms with Crippen LogP contribution in [-0.2, 0) is 19.3 Å². The van der Waals surface area contributed by atoms with Gasteiger partial charge in [-0.25, -0.2) is 0 Å². The molecule has 1 amide bonds. The number of thioether (sulfide) groups is 1. The zero-order valence-corrected chi connectivity index (χ0v) is 15.2. The van der Waals surface area contributed by atoms with Crippen molar-refractivity contribution in [1.82, 2.24) is 15.1 Å². The number of hydrogen-bond acceptors (Lipinski definition) is 4. The molecular formula is C20H18N4OS. The summed E-state index contributed by atoms with van der Waals surface area (Å²) >= 11 is 1.61. The molecule has 26 heavy (non-hydrogen) atoms. The number of benzene rings is 2. The lowest BCUT2D eigenvalue weighted by Gasteiger charge is -2.10. The minimum Gasteiger partial charge on any atom is -0.346 e. The van der Waals surface area contributed by atoms with E-state index in [1.807, 2.05) is 61.6 Å². The number of nitrogens with zero attached hydrogens (tertiary/aromatic N) is 3. The summed E-state index contributed by atoms with van der Waals surface area (Å²) in [6.45, 7) is 0.434. The Morgan fingerprint density at radius 2 is 1.96 bits per heavy atom. The molecule has 3 rings (SSSR count). The molecule has 0 bridgehead atoms. The van der Waals surface area contributed by atoms with Crippen molar-refractivity contribution in [3.8, 4) is 6.07 Å². The average molecular weight is 362 g/mol. The molecule has 130 valence electrons. The van der Waals surface area contributed by atoms with E-state index in [-0.39, 0.29) is 5.91 Å². The summed E-state index contributed by atoms with van der Waals surface area (Å²) in [6.07, 6.45) is 1.71. The number of nitrogens with one attached hydrogen (secondary N) is 1. The van der Waals surface area contributed by atoms with Crippen LogP contribution >= 0.6 is 11.8 Å². The topological polar surface area (TPSA) is 70.7 Å². The molecule has 0 fully saturated rings. The van der Waals surface area contributed by atoms with Gasteiger partial charge in [-0.05, 0) is 35.9 Å². The number of nitriles is 1. The Morgan fingerprint density at radius 1 is 1.19 bits per heavy atom. The predicted molar refractivity (Wildman–Crippen MR) is 102 cm³/mol. The molecule has 0 saturated heterocycles. The van der Waals surface area contributed by atoms with Crippen molar-refractivity contribution in [2.45, 2.75) is 17.2 Å². The van der Waals surface area contributed by atoms with Gasteiger partial charge in [0.15, 0.2) is 0 Å². The lowest BCUT2D eigenvalue weighted by Crippen LogP contribution is -2.24. The first-order chi connectivity index (χ1) is 12.7. The Kier molecular flexibility index (Phi) is 5.72. The number of aromatic nitrogens is 2. The Hall–Kier alpha value is -3.04. The maximum atomic E-state index is 12.6. The molecule has 0 saturated carbocycles. The summed E-state index contributed by atoms with van der Waals surface area (Å²) in [5.74, 6) is 0.631. The van der Waals surface area contributed by atoms with Crippen molar-refractivity contribution < 1.29 is 4.79 Å². The molecule has 0 unspecified atom stereocenters. The van der Waals surface area contributed by atoms with Gasteiger partial charge in [-0.15, -0.1) is 11.8 Å². The van der Waals surface area contributed by atoms with Crippen molar-refractivity contribution >= 4 is 17.7 Å². The fourth-order valence-corrected chi connectivity index (χ4v) is 3.46. The molecule has 0 aliphatic carbocycles. The third kappa shape index (κ3) is 4.32. The van der Waals surface area contributed by atoms with Gasteiger partial charge in [-0.3, -0.25) is 9.48 Å². The Morgan fingerprint density at radius 3 is 2.65 bits per heavy atom. The lowest BCUT2D eigenvalue weighted by molar-refractivity contribution is 0.0947. The van der Waals surface area contributed by atoms with E-state index in [2.05, 4.69) is 16.5 Å². The normalized spacial score (nSPS) is 10.3. The van der Waals surface area contributed by atoms with Gasteiger partial charge in [-0.2, -0.15) is 10.4 Å². The van der Waals surface area contributed by atoms with Crippen LogP contribution in [-0.4, -0.2) is 15.7 Å². The molecule has 2 aromatic carbocycles. The number of hydrogen-bond donors (Lipinski definition) is 1. The third-order valence-electron chi connectivity index (χ3n) is 3.96. The predicted octanol–water partition coefficient (Wildman–Crippen LogP) is 3.51. The Labute approximate surface area is 156 Å². The highest BCUT2D eigenvalue weighted by Crippen LogP contribution is 2.26. The van der Waals surface area contributed by atoms with E-state index in [0.717, 1.165) is 21.9 Å². The van der Waals surface area contributed by atoms with Crippen LogP contribution in [0.25, 0.3) is 0 Å². The highest BCUT2D eigenvalue weighted by molar-refractivity contribution is 7.98. The Balaban J connectivity index is 1.66. The zero-order valence-electron chi connectivity index (χ0n) is 14.3. The van der Waals surface area contributed by atoms with E-state index in [9.17, 15) is 4.79 Å². The molecule has 1 N–H and O–H groups in total. The first kappa shape index (κ1) is 17.8. The lowest BCUT2D eigenvalue weighted by atomic mass is 10.2. The van der Waals surface area contributed by atoms with Crippen molar-refractivity contribution in [2.24, 2.45) is 7.05 Å². The van der Waals surface area contributed by atoms with Crippen LogP contribution in [0.2, 0.25) is 0 Å². The van der Waals surface area contributed by atoms with Crippen molar-refractivity contribution in [3.63, 3.8) is 0 Å². The third-order valence-corrected chi connectivity index (χ3v) is 5.11. The number of carbonyl (C=O) groups excluding carboxylic acids is 1. The quantitative estimate of drug-likeness (QED) is 0.681. The summed E-state index contributed by atoms with van der Waals surface area (Å²) in [5, 5.41) is 15.9. The second kappa shape index (κ2) is 8.37. The highest BCUT2D eigenvalue weighted by Gasteiger charge is 2.12. The van der Waals surface area contributed by atoms with E-state index in [4.69, 9.17) is 5.26 Å². The molecular weight excluding hydrogens is 344 g/mol. The zero-order chi connectivity index (χ0) is 18.4. The first-order valence-electron chi connectivity index (χ1n) is 8.13. The van der Waals surface area contributed by atoms with Crippen LogP contribution in [0.3, 0.4) is 0 Å². The van der Waals surface area contributed by atoms with Gasteiger partial charge in [0.1, 0.15) is 0 Å². The summed E-state index contributed by atoms with van der Waals surface area (Å²) in [6, 6.07) is 19.1. The van der Waals surface area contributed by atoms with Crippen molar-refractivity contribution in [3.05, 3.63) is 83.2 Å². The van der Waals surface area contributed by atoms with E-state index in [1.54, 1.807) is 22.6 Å². The van der Waals surface area contributed by atoms with Crippen LogP contribution in [0.15, 0.2) is 65.7 Å². The SMILES string of the molecule is Cn1nccc1CNC(=O)c1ccccc1SCc1ccc(C#N)cc1. The van der Waals surface area contributed by atoms with E-state index in [0.29, 0.717) is 17.7 Å². The summed E-state index contributed by atoms with van der Waals surface area (Å²) < 4.78 is 1.74. The summed E-state index contributed by atoms with van der Waals surface area (Å²) in [7, 11) is 1.85. The van der Waals surface area contributed by atoms with Gasteiger partial charge >= 0.3 is 0 Å². The summed E-state index contributed by atoms with van der Waals surface area (Å²) in [5.41, 5.74) is 3.36. The van der Waals surface area contributed by atoms with Crippen LogP contribution in [0.4, 0.5) is 0 Å². The van der Waals surface area contributed by atoms with E-state index < -0.39 is 0 Å². The fraction of sp³-hybridized carbons (Fsp3) is 0.150. The molecule has 0 aliphatic rings. The van der Waals surface area contributed by atoms with Crippen LogP contribution in [0.1, 0.15) is 27.2 Å². The number of carbonyl (C=O) groups is 1. The average Bonchev–Trinajstić information content (AvgIpc) is 3.10. The number of aryl methyl sites for hydroxylation is 1. The minimum atomic E-state index is -0.103. The van der Waals surface area contributed by atoms with E-state index >= 15 is 0 Å². The smallest absolute Gasteiger partial charge is 0.252 e. The van der Waals surface area contributed by atoms with Crippen LogP contribution < -0.4 is 5.32 Å². The van der Waals surface area contributed by atoms with Gasteiger partial charge in [0, 0.05) is 23.9 Å². The maximum absolute atomic E-state index is 12.6. The molecule has 0 spiro atoms. The van der Waals surface area contributed by atoms with Gasteiger partial charge in [-0.1, -0.05) is 24.3 Å². The highest BCUT2D eigenvalue weighted by atomic mass is 32.2. The van der Waals surface area contributed by atoms with Crippen LogP contribution in [0, 0.1) is 11.3 Å². The van der Waals surface area contributed by atoms with Gasteiger partial charge in [0.2, 0.25) is 0 Å².